The van der Waals surface area contributed by atoms with Crippen LogP contribution in [0.2, 0.25) is 0 Å². The molecule has 1 aromatic carbocycles. The zero-order valence-corrected chi connectivity index (χ0v) is 11.4. The van der Waals surface area contributed by atoms with E-state index >= 15 is 0 Å². The number of halogens is 1. The Kier molecular flexibility index (Phi) is 5.96. The number of ether oxygens (including phenoxy) is 2. The maximum atomic E-state index is 13.8. The van der Waals surface area contributed by atoms with Gasteiger partial charge in [-0.1, -0.05) is 0 Å². The Hall–Kier alpha value is -2.11. The molecule has 0 saturated carbocycles. The maximum Gasteiger partial charge on any atom is 0.303 e. The first kappa shape index (κ1) is 15.9. The lowest BCUT2D eigenvalue weighted by atomic mass is 10.0. The number of Topliss-reactive ketones (excluding diaryl/α,β-unsaturated/α-hetero) is 1. The van der Waals surface area contributed by atoms with Crippen molar-refractivity contribution in [2.24, 2.45) is 0 Å². The largest absolute Gasteiger partial charge is 0.493 e. The van der Waals surface area contributed by atoms with Crippen LogP contribution in [0.4, 0.5) is 4.39 Å². The number of carbonyl (C=O) groups is 2. The van der Waals surface area contributed by atoms with Crippen LogP contribution in [0.3, 0.4) is 0 Å². The van der Waals surface area contributed by atoms with Crippen molar-refractivity contribution in [1.29, 1.82) is 0 Å². The van der Waals surface area contributed by atoms with Crippen LogP contribution >= 0.6 is 0 Å². The molecule has 0 aliphatic carbocycles. The highest BCUT2D eigenvalue weighted by atomic mass is 19.1. The molecule has 110 valence electrons. The van der Waals surface area contributed by atoms with E-state index in [1.807, 2.05) is 0 Å². The van der Waals surface area contributed by atoms with Crippen molar-refractivity contribution in [3.8, 4) is 11.5 Å². The third-order valence-corrected chi connectivity index (χ3v) is 2.82. The summed E-state index contributed by atoms with van der Waals surface area (Å²) in [4.78, 5) is 22.2. The van der Waals surface area contributed by atoms with Crippen LogP contribution in [0.25, 0.3) is 0 Å². The summed E-state index contributed by atoms with van der Waals surface area (Å²) >= 11 is 0. The van der Waals surface area contributed by atoms with Gasteiger partial charge in [-0.25, -0.2) is 4.39 Å². The van der Waals surface area contributed by atoms with Gasteiger partial charge in [-0.15, -0.1) is 0 Å². The molecule has 0 radical (unpaired) electrons. The molecule has 0 bridgehead atoms. The highest BCUT2D eigenvalue weighted by molar-refractivity contribution is 5.97. The third kappa shape index (κ3) is 4.22. The smallest absolute Gasteiger partial charge is 0.303 e. The van der Waals surface area contributed by atoms with Gasteiger partial charge in [0.25, 0.3) is 0 Å². The topological polar surface area (TPSA) is 72.8 Å². The Morgan fingerprint density at radius 3 is 2.20 bits per heavy atom. The molecule has 6 heteroatoms. The van der Waals surface area contributed by atoms with E-state index in [1.165, 1.54) is 20.3 Å². The summed E-state index contributed by atoms with van der Waals surface area (Å²) in [7, 11) is 2.78. The summed E-state index contributed by atoms with van der Waals surface area (Å²) in [5, 5.41) is 8.49. The Morgan fingerprint density at radius 1 is 1.10 bits per heavy atom. The second kappa shape index (κ2) is 7.47. The second-order valence-electron chi connectivity index (χ2n) is 4.21. The first-order valence-corrected chi connectivity index (χ1v) is 6.16. The molecule has 20 heavy (non-hydrogen) atoms. The Bertz CT molecular complexity index is 499. The van der Waals surface area contributed by atoms with Crippen molar-refractivity contribution in [3.63, 3.8) is 0 Å². The Balaban J connectivity index is 2.75. The number of hydrogen-bond acceptors (Lipinski definition) is 4. The molecule has 0 saturated heterocycles. The summed E-state index contributed by atoms with van der Waals surface area (Å²) in [6.45, 7) is 0. The third-order valence-electron chi connectivity index (χ3n) is 2.82. The molecule has 0 aliphatic heterocycles. The molecule has 0 fully saturated rings. The van der Waals surface area contributed by atoms with E-state index in [2.05, 4.69) is 0 Å². The fraction of sp³-hybridized carbons (Fsp3) is 0.429. The highest BCUT2D eigenvalue weighted by Gasteiger charge is 2.16. The van der Waals surface area contributed by atoms with E-state index in [0.29, 0.717) is 12.8 Å². The fourth-order valence-electron chi connectivity index (χ4n) is 1.76. The average molecular weight is 284 g/mol. The predicted molar refractivity (Wildman–Crippen MR) is 69.9 cm³/mol. The number of aliphatic carboxylic acids is 1. The maximum absolute atomic E-state index is 13.8. The van der Waals surface area contributed by atoms with E-state index in [4.69, 9.17) is 14.6 Å². The van der Waals surface area contributed by atoms with Crippen LogP contribution in [0.15, 0.2) is 12.1 Å². The van der Waals surface area contributed by atoms with Crippen LogP contribution in [0, 0.1) is 5.82 Å². The predicted octanol–water partition coefficient (Wildman–Crippen LogP) is 2.67. The van der Waals surface area contributed by atoms with Gasteiger partial charge in [0.2, 0.25) is 0 Å². The Morgan fingerprint density at radius 2 is 1.65 bits per heavy atom. The number of carbonyl (C=O) groups excluding carboxylic acids is 1. The minimum Gasteiger partial charge on any atom is -0.493 e. The number of methoxy groups -OCH3 is 2. The fourth-order valence-corrected chi connectivity index (χ4v) is 1.76. The van der Waals surface area contributed by atoms with Gasteiger partial charge in [0, 0.05) is 18.9 Å². The zero-order valence-electron chi connectivity index (χ0n) is 11.4. The first-order valence-electron chi connectivity index (χ1n) is 6.16. The summed E-state index contributed by atoms with van der Waals surface area (Å²) in [6.07, 6.45) is 0.885. The summed E-state index contributed by atoms with van der Waals surface area (Å²) in [5.41, 5.74) is -0.0713. The molecular weight excluding hydrogens is 267 g/mol. The molecule has 1 aromatic rings. The molecule has 1 rings (SSSR count). The van der Waals surface area contributed by atoms with Gasteiger partial charge in [-0.2, -0.15) is 0 Å². The summed E-state index contributed by atoms with van der Waals surface area (Å²) in [5.74, 6) is -1.47. The van der Waals surface area contributed by atoms with E-state index < -0.39 is 11.8 Å². The van der Waals surface area contributed by atoms with Gasteiger partial charge in [0.1, 0.15) is 5.82 Å². The lowest BCUT2D eigenvalue weighted by molar-refractivity contribution is -0.137. The van der Waals surface area contributed by atoms with E-state index in [1.54, 1.807) is 0 Å². The lowest BCUT2D eigenvalue weighted by Crippen LogP contribution is -2.05. The van der Waals surface area contributed by atoms with Gasteiger partial charge < -0.3 is 14.6 Å². The number of hydrogen-bond donors (Lipinski definition) is 1. The number of benzene rings is 1. The molecule has 0 spiro atoms. The monoisotopic (exact) mass is 284 g/mol. The Labute approximate surface area is 116 Å². The number of unbranched alkanes of at least 4 members (excludes halogenated alkanes) is 1. The van der Waals surface area contributed by atoms with Crippen LogP contribution < -0.4 is 9.47 Å². The number of carboxylic acids is 1. The average Bonchev–Trinajstić information content (AvgIpc) is 2.42. The SMILES string of the molecule is COc1cc(F)c(C(=O)CCCCC(=O)O)cc1OC. The van der Waals surface area contributed by atoms with Crippen LogP contribution in [0.5, 0.6) is 11.5 Å². The molecule has 0 aromatic heterocycles. The van der Waals surface area contributed by atoms with Gasteiger partial charge in [-0.05, 0) is 18.9 Å². The van der Waals surface area contributed by atoms with E-state index in [9.17, 15) is 14.0 Å². The first-order chi connectivity index (χ1) is 9.49. The molecule has 1 N–H and O–H groups in total. The van der Waals surface area contributed by atoms with E-state index in [0.717, 1.165) is 6.07 Å². The number of ketones is 1. The minimum atomic E-state index is -0.908. The van der Waals surface area contributed by atoms with Crippen molar-refractivity contribution in [3.05, 3.63) is 23.5 Å². The van der Waals surface area contributed by atoms with Gasteiger partial charge in [0.05, 0.1) is 19.8 Å². The van der Waals surface area contributed by atoms with Crippen molar-refractivity contribution in [1.82, 2.24) is 0 Å². The minimum absolute atomic E-state index is 0.00168. The van der Waals surface area contributed by atoms with E-state index in [-0.39, 0.29) is 35.7 Å². The molecular formula is C14H17FO5. The van der Waals surface area contributed by atoms with Crippen LogP contribution in [-0.4, -0.2) is 31.1 Å². The molecule has 0 amide bonds. The van der Waals surface area contributed by atoms with Crippen molar-refractivity contribution < 1.29 is 28.6 Å². The quantitative estimate of drug-likeness (QED) is 0.587. The summed E-state index contributed by atoms with van der Waals surface area (Å²) < 4.78 is 23.7. The summed E-state index contributed by atoms with van der Waals surface area (Å²) in [6, 6.07) is 2.40. The lowest BCUT2D eigenvalue weighted by Gasteiger charge is -2.10. The van der Waals surface area contributed by atoms with Gasteiger partial charge in [-0.3, -0.25) is 9.59 Å². The van der Waals surface area contributed by atoms with Crippen LogP contribution in [-0.2, 0) is 4.79 Å². The molecule has 0 atom stereocenters. The number of carboxylic acid groups (broad SMARTS) is 1. The van der Waals surface area contributed by atoms with Crippen molar-refractivity contribution >= 4 is 11.8 Å². The highest BCUT2D eigenvalue weighted by Crippen LogP contribution is 2.30. The van der Waals surface area contributed by atoms with Gasteiger partial charge >= 0.3 is 5.97 Å². The second-order valence-corrected chi connectivity index (χ2v) is 4.21. The van der Waals surface area contributed by atoms with Crippen molar-refractivity contribution in [2.45, 2.75) is 25.7 Å². The molecule has 0 heterocycles. The molecule has 0 aliphatic rings. The zero-order chi connectivity index (χ0) is 15.1. The number of rotatable bonds is 8. The van der Waals surface area contributed by atoms with Crippen LogP contribution in [0.1, 0.15) is 36.0 Å². The van der Waals surface area contributed by atoms with Gasteiger partial charge in [0.15, 0.2) is 17.3 Å². The molecule has 0 unspecified atom stereocenters. The molecule has 5 nitrogen and oxygen atoms in total. The normalized spacial score (nSPS) is 10.2. The van der Waals surface area contributed by atoms with Crippen molar-refractivity contribution in [2.75, 3.05) is 14.2 Å². The standard InChI is InChI=1S/C14H17FO5/c1-19-12-7-9(10(15)8-13(12)20-2)11(16)5-3-4-6-14(17)18/h7-8H,3-6H2,1-2H3,(H,17,18).